The molecule has 1 aliphatic rings. The van der Waals surface area contributed by atoms with Crippen molar-refractivity contribution in [3.63, 3.8) is 0 Å². The number of nitrogens with zero attached hydrogens (tertiary/aromatic N) is 3. The van der Waals surface area contributed by atoms with Gasteiger partial charge < -0.3 is 4.98 Å². The zero-order chi connectivity index (χ0) is 20.3. The second-order valence-corrected chi connectivity index (χ2v) is 7.92. The molecule has 1 aliphatic carbocycles. The van der Waals surface area contributed by atoms with Crippen LogP contribution in [0.15, 0.2) is 66.9 Å². The van der Waals surface area contributed by atoms with E-state index >= 15 is 0 Å². The van der Waals surface area contributed by atoms with Crippen molar-refractivity contribution in [3.8, 4) is 0 Å². The number of hydrogen-bond acceptors (Lipinski definition) is 4. The van der Waals surface area contributed by atoms with Gasteiger partial charge in [-0.1, -0.05) is 42.5 Å². The predicted molar refractivity (Wildman–Crippen MR) is 117 cm³/mol. The Balaban J connectivity index is 1.49. The molecule has 0 spiro atoms. The van der Waals surface area contributed by atoms with Gasteiger partial charge in [0, 0.05) is 18.3 Å². The Hall–Kier alpha value is -3.31. The number of benzene rings is 2. The standard InChI is InChI=1S/C25H24N4O/c30-17-19-12-10-18(11-13-19)15-29(16-24-27-21-7-1-2-8-22(21)28-24)23-9-3-5-20-6-4-14-26-25(20)23/h1-2,4,6-8,10-14,17,23H,3,5,9,15-16H2,(H,27,28). The maximum Gasteiger partial charge on any atom is 0.150 e. The van der Waals surface area contributed by atoms with Gasteiger partial charge in [0.15, 0.2) is 0 Å². The average Bonchev–Trinajstić information content (AvgIpc) is 3.21. The molecule has 0 bridgehead atoms. The summed E-state index contributed by atoms with van der Waals surface area (Å²) in [7, 11) is 0. The number of aryl methyl sites for hydroxylation is 1. The first-order valence-corrected chi connectivity index (χ1v) is 10.5. The molecule has 5 heteroatoms. The van der Waals surface area contributed by atoms with Crippen LogP contribution in [0.4, 0.5) is 0 Å². The molecule has 2 aromatic carbocycles. The summed E-state index contributed by atoms with van der Waals surface area (Å²) in [4.78, 5) is 26.5. The van der Waals surface area contributed by atoms with E-state index in [0.717, 1.165) is 49.0 Å². The molecular weight excluding hydrogens is 372 g/mol. The van der Waals surface area contributed by atoms with Gasteiger partial charge in [0.2, 0.25) is 0 Å². The first-order valence-electron chi connectivity index (χ1n) is 10.5. The van der Waals surface area contributed by atoms with Crippen LogP contribution in [0.1, 0.15) is 51.9 Å². The highest BCUT2D eigenvalue weighted by Gasteiger charge is 2.28. The Bertz CT molecular complexity index is 1130. The van der Waals surface area contributed by atoms with Crippen LogP contribution in [-0.2, 0) is 19.5 Å². The number of rotatable bonds is 6. The van der Waals surface area contributed by atoms with Gasteiger partial charge in [0.1, 0.15) is 12.1 Å². The third-order valence-corrected chi connectivity index (χ3v) is 5.90. The predicted octanol–water partition coefficient (Wildman–Crippen LogP) is 4.85. The molecule has 0 radical (unpaired) electrons. The highest BCUT2D eigenvalue weighted by Crippen LogP contribution is 2.34. The lowest BCUT2D eigenvalue weighted by Gasteiger charge is -2.34. The lowest BCUT2D eigenvalue weighted by atomic mass is 9.90. The molecule has 0 aliphatic heterocycles. The molecule has 0 amide bonds. The fraction of sp³-hybridized carbons (Fsp3) is 0.240. The highest BCUT2D eigenvalue weighted by atomic mass is 16.1. The summed E-state index contributed by atoms with van der Waals surface area (Å²) in [5, 5.41) is 0. The van der Waals surface area contributed by atoms with Gasteiger partial charge in [0.25, 0.3) is 0 Å². The molecule has 1 atom stereocenters. The van der Waals surface area contributed by atoms with Crippen LogP contribution in [0.3, 0.4) is 0 Å². The van der Waals surface area contributed by atoms with Crippen LogP contribution in [0.2, 0.25) is 0 Å². The third kappa shape index (κ3) is 3.76. The number of imidazole rings is 1. The van der Waals surface area contributed by atoms with Crippen LogP contribution in [0.25, 0.3) is 11.0 Å². The molecule has 0 fully saturated rings. The van der Waals surface area contributed by atoms with Crippen molar-refractivity contribution < 1.29 is 4.79 Å². The summed E-state index contributed by atoms with van der Waals surface area (Å²) in [6.07, 6.45) is 6.11. The number of aromatic nitrogens is 3. The Morgan fingerprint density at radius 2 is 1.90 bits per heavy atom. The summed E-state index contributed by atoms with van der Waals surface area (Å²) in [5.74, 6) is 0.962. The largest absolute Gasteiger partial charge is 0.341 e. The van der Waals surface area contributed by atoms with Crippen LogP contribution in [-0.4, -0.2) is 26.1 Å². The number of nitrogens with one attached hydrogen (secondary N) is 1. The van der Waals surface area contributed by atoms with E-state index in [4.69, 9.17) is 9.97 Å². The van der Waals surface area contributed by atoms with E-state index < -0.39 is 0 Å². The van der Waals surface area contributed by atoms with Crippen molar-refractivity contribution in [1.29, 1.82) is 0 Å². The summed E-state index contributed by atoms with van der Waals surface area (Å²) in [6.45, 7) is 1.49. The zero-order valence-electron chi connectivity index (χ0n) is 16.8. The molecular formula is C25H24N4O. The SMILES string of the molecule is O=Cc1ccc(CN(Cc2nc3ccccc3[nH]2)C2CCCc3cccnc32)cc1. The first-order chi connectivity index (χ1) is 14.8. The smallest absolute Gasteiger partial charge is 0.150 e. The second kappa shape index (κ2) is 8.20. The minimum absolute atomic E-state index is 0.244. The van der Waals surface area contributed by atoms with Crippen molar-refractivity contribution in [1.82, 2.24) is 19.9 Å². The van der Waals surface area contributed by atoms with Gasteiger partial charge >= 0.3 is 0 Å². The number of aromatic amines is 1. The van der Waals surface area contributed by atoms with Gasteiger partial charge in [-0.15, -0.1) is 0 Å². The van der Waals surface area contributed by atoms with Crippen molar-refractivity contribution in [2.24, 2.45) is 0 Å². The molecule has 0 saturated carbocycles. The highest BCUT2D eigenvalue weighted by molar-refractivity contribution is 5.75. The van der Waals surface area contributed by atoms with E-state index in [-0.39, 0.29) is 6.04 Å². The van der Waals surface area contributed by atoms with Crippen molar-refractivity contribution in [2.75, 3.05) is 0 Å². The Labute approximate surface area is 175 Å². The van der Waals surface area contributed by atoms with Crippen LogP contribution in [0.5, 0.6) is 0 Å². The van der Waals surface area contributed by atoms with E-state index in [1.807, 2.05) is 54.7 Å². The molecule has 30 heavy (non-hydrogen) atoms. The van der Waals surface area contributed by atoms with E-state index in [0.29, 0.717) is 12.1 Å². The number of para-hydroxylation sites is 2. The monoisotopic (exact) mass is 396 g/mol. The Morgan fingerprint density at radius 1 is 1.03 bits per heavy atom. The summed E-state index contributed by atoms with van der Waals surface area (Å²) in [5.41, 5.74) is 6.46. The van der Waals surface area contributed by atoms with Gasteiger partial charge in [-0.3, -0.25) is 14.7 Å². The number of pyridine rings is 1. The second-order valence-electron chi connectivity index (χ2n) is 7.92. The van der Waals surface area contributed by atoms with Gasteiger partial charge in [-0.25, -0.2) is 4.98 Å². The van der Waals surface area contributed by atoms with Crippen LogP contribution >= 0.6 is 0 Å². The lowest BCUT2D eigenvalue weighted by Crippen LogP contribution is -2.31. The molecule has 150 valence electrons. The molecule has 2 aromatic heterocycles. The number of carbonyl (C=O) groups excluding carboxylic acids is 1. The van der Waals surface area contributed by atoms with E-state index in [1.54, 1.807) is 0 Å². The molecule has 2 heterocycles. The normalized spacial score (nSPS) is 16.0. The molecule has 1 unspecified atom stereocenters. The number of hydrogen-bond donors (Lipinski definition) is 1. The molecule has 4 aromatic rings. The molecule has 5 nitrogen and oxygen atoms in total. The van der Waals surface area contributed by atoms with E-state index in [1.165, 1.54) is 16.8 Å². The maximum atomic E-state index is 11.0. The van der Waals surface area contributed by atoms with Gasteiger partial charge in [-0.2, -0.15) is 0 Å². The number of H-pyrrole nitrogens is 1. The summed E-state index contributed by atoms with van der Waals surface area (Å²) >= 11 is 0. The summed E-state index contributed by atoms with van der Waals surface area (Å²) < 4.78 is 0. The fourth-order valence-electron chi connectivity index (χ4n) is 4.43. The first kappa shape index (κ1) is 18.7. The minimum atomic E-state index is 0.244. The molecule has 5 rings (SSSR count). The minimum Gasteiger partial charge on any atom is -0.341 e. The Kier molecular flexibility index (Phi) is 5.11. The van der Waals surface area contributed by atoms with Gasteiger partial charge in [0.05, 0.1) is 29.3 Å². The number of carbonyl (C=O) groups is 1. The average molecular weight is 396 g/mol. The quantitative estimate of drug-likeness (QED) is 0.473. The van der Waals surface area contributed by atoms with Crippen molar-refractivity contribution in [3.05, 3.63) is 95.1 Å². The third-order valence-electron chi connectivity index (χ3n) is 5.90. The lowest BCUT2D eigenvalue weighted by molar-refractivity contribution is 0.112. The van der Waals surface area contributed by atoms with Crippen molar-refractivity contribution in [2.45, 2.75) is 38.4 Å². The van der Waals surface area contributed by atoms with E-state index in [2.05, 4.69) is 22.0 Å². The van der Waals surface area contributed by atoms with Crippen LogP contribution < -0.4 is 0 Å². The van der Waals surface area contributed by atoms with E-state index in [9.17, 15) is 4.79 Å². The topological polar surface area (TPSA) is 61.9 Å². The molecule has 0 saturated heterocycles. The van der Waals surface area contributed by atoms with Crippen LogP contribution in [0, 0.1) is 0 Å². The van der Waals surface area contributed by atoms with Gasteiger partial charge in [-0.05, 0) is 48.6 Å². The van der Waals surface area contributed by atoms with Crippen molar-refractivity contribution >= 4 is 17.3 Å². The molecule has 1 N–H and O–H groups in total. The Morgan fingerprint density at radius 3 is 2.73 bits per heavy atom. The maximum absolute atomic E-state index is 11.0. The fourth-order valence-corrected chi connectivity index (χ4v) is 4.43. The number of fused-ring (bicyclic) bond motifs is 2. The summed E-state index contributed by atoms with van der Waals surface area (Å²) in [6, 6.07) is 20.5. The number of aldehydes is 1. The zero-order valence-corrected chi connectivity index (χ0v) is 16.8.